The smallest absolute Gasteiger partial charge is 0.0810 e. The largest absolute Gasteiger partial charge is 0.371 e. The van der Waals surface area contributed by atoms with Crippen LogP contribution in [0.4, 0.5) is 0 Å². The summed E-state index contributed by atoms with van der Waals surface area (Å²) < 4.78 is 6.25. The quantitative estimate of drug-likeness (QED) is 0.644. The van der Waals surface area contributed by atoms with Gasteiger partial charge >= 0.3 is 0 Å². The van der Waals surface area contributed by atoms with E-state index >= 15 is 0 Å². The molecule has 2 nitrogen and oxygen atoms in total. The average Bonchev–Trinajstić information content (AvgIpc) is 2.27. The van der Waals surface area contributed by atoms with Gasteiger partial charge < -0.3 is 10.1 Å². The van der Waals surface area contributed by atoms with Gasteiger partial charge in [0, 0.05) is 12.6 Å². The van der Waals surface area contributed by atoms with Gasteiger partial charge in [0.1, 0.15) is 0 Å². The SMILES string of the molecule is CC1CC(C)OC2(CCCCC2)CN1. The third-order valence-corrected chi connectivity index (χ3v) is 3.67. The molecule has 1 aliphatic carbocycles. The molecule has 2 aliphatic rings. The summed E-state index contributed by atoms with van der Waals surface area (Å²) in [5, 5.41) is 3.61. The first kappa shape index (κ1) is 10.4. The highest BCUT2D eigenvalue weighted by atomic mass is 16.5. The fraction of sp³-hybridized carbons (Fsp3) is 1.00. The molecule has 1 heterocycles. The van der Waals surface area contributed by atoms with Crippen LogP contribution in [0.3, 0.4) is 0 Å². The van der Waals surface area contributed by atoms with Crippen molar-refractivity contribution in [1.29, 1.82) is 0 Å². The molecule has 1 aliphatic heterocycles. The molecule has 2 fully saturated rings. The van der Waals surface area contributed by atoms with Crippen molar-refractivity contribution in [2.45, 2.75) is 70.1 Å². The van der Waals surface area contributed by atoms with Gasteiger partial charge in [-0.2, -0.15) is 0 Å². The van der Waals surface area contributed by atoms with Crippen LogP contribution in [0.1, 0.15) is 52.4 Å². The van der Waals surface area contributed by atoms with Crippen LogP contribution in [0.5, 0.6) is 0 Å². The van der Waals surface area contributed by atoms with E-state index in [0.717, 1.165) is 13.0 Å². The first-order chi connectivity index (χ1) is 6.70. The van der Waals surface area contributed by atoms with Crippen molar-refractivity contribution < 1.29 is 4.74 Å². The van der Waals surface area contributed by atoms with E-state index in [0.29, 0.717) is 12.1 Å². The minimum atomic E-state index is 0.183. The van der Waals surface area contributed by atoms with E-state index in [-0.39, 0.29) is 5.60 Å². The Kier molecular flexibility index (Phi) is 3.13. The van der Waals surface area contributed by atoms with Gasteiger partial charge in [0.15, 0.2) is 0 Å². The molecule has 0 aromatic heterocycles. The van der Waals surface area contributed by atoms with Crippen LogP contribution in [0.15, 0.2) is 0 Å². The third-order valence-electron chi connectivity index (χ3n) is 3.67. The second-order valence-corrected chi connectivity index (χ2v) is 5.19. The van der Waals surface area contributed by atoms with E-state index in [1.807, 2.05) is 0 Å². The predicted molar refractivity (Wildman–Crippen MR) is 58.4 cm³/mol. The van der Waals surface area contributed by atoms with Crippen LogP contribution in [-0.4, -0.2) is 24.3 Å². The molecule has 0 bridgehead atoms. The summed E-state index contributed by atoms with van der Waals surface area (Å²) in [7, 11) is 0. The number of hydrogen-bond acceptors (Lipinski definition) is 2. The lowest BCUT2D eigenvalue weighted by Gasteiger charge is -2.37. The maximum absolute atomic E-state index is 6.25. The molecule has 2 atom stereocenters. The fourth-order valence-corrected chi connectivity index (χ4v) is 2.95. The van der Waals surface area contributed by atoms with Crippen molar-refractivity contribution in [1.82, 2.24) is 5.32 Å². The fourth-order valence-electron chi connectivity index (χ4n) is 2.95. The average molecular weight is 197 g/mol. The Morgan fingerprint density at radius 1 is 1.14 bits per heavy atom. The zero-order chi connectivity index (χ0) is 10.0. The van der Waals surface area contributed by atoms with E-state index in [9.17, 15) is 0 Å². The zero-order valence-corrected chi connectivity index (χ0v) is 9.51. The molecule has 14 heavy (non-hydrogen) atoms. The maximum Gasteiger partial charge on any atom is 0.0810 e. The van der Waals surface area contributed by atoms with Crippen molar-refractivity contribution in [3.05, 3.63) is 0 Å². The lowest BCUT2D eigenvalue weighted by Crippen LogP contribution is -2.44. The van der Waals surface area contributed by atoms with Crippen LogP contribution >= 0.6 is 0 Å². The number of nitrogens with one attached hydrogen (secondary N) is 1. The van der Waals surface area contributed by atoms with Crippen LogP contribution < -0.4 is 5.32 Å². The van der Waals surface area contributed by atoms with Crippen LogP contribution in [0.25, 0.3) is 0 Å². The van der Waals surface area contributed by atoms with Crippen molar-refractivity contribution in [2.24, 2.45) is 0 Å². The summed E-state index contributed by atoms with van der Waals surface area (Å²) in [5.74, 6) is 0. The molecule has 0 amide bonds. The topological polar surface area (TPSA) is 21.3 Å². The summed E-state index contributed by atoms with van der Waals surface area (Å²) in [6.07, 6.45) is 8.20. The Morgan fingerprint density at radius 2 is 1.86 bits per heavy atom. The molecule has 1 saturated heterocycles. The Morgan fingerprint density at radius 3 is 2.57 bits per heavy atom. The Hall–Kier alpha value is -0.0800. The zero-order valence-electron chi connectivity index (χ0n) is 9.51. The normalized spacial score (nSPS) is 38.1. The van der Waals surface area contributed by atoms with Crippen LogP contribution in [-0.2, 0) is 4.74 Å². The van der Waals surface area contributed by atoms with Gasteiger partial charge in [-0.05, 0) is 33.1 Å². The second kappa shape index (κ2) is 4.19. The lowest BCUT2D eigenvalue weighted by molar-refractivity contribution is -0.0961. The van der Waals surface area contributed by atoms with Gasteiger partial charge in [-0.25, -0.2) is 0 Å². The maximum atomic E-state index is 6.25. The number of ether oxygens (including phenoxy) is 1. The first-order valence-corrected chi connectivity index (χ1v) is 6.11. The van der Waals surface area contributed by atoms with Crippen molar-refractivity contribution >= 4 is 0 Å². The number of hydrogen-bond donors (Lipinski definition) is 1. The van der Waals surface area contributed by atoms with E-state index in [1.165, 1.54) is 32.1 Å². The van der Waals surface area contributed by atoms with Crippen molar-refractivity contribution in [3.8, 4) is 0 Å². The Bertz CT molecular complexity index is 187. The van der Waals surface area contributed by atoms with Gasteiger partial charge in [0.2, 0.25) is 0 Å². The summed E-state index contributed by atoms with van der Waals surface area (Å²) in [4.78, 5) is 0. The van der Waals surface area contributed by atoms with E-state index < -0.39 is 0 Å². The molecule has 1 saturated carbocycles. The molecular weight excluding hydrogens is 174 g/mol. The summed E-state index contributed by atoms with van der Waals surface area (Å²) in [5.41, 5.74) is 0.183. The molecule has 0 aromatic rings. The van der Waals surface area contributed by atoms with Gasteiger partial charge in [0.25, 0.3) is 0 Å². The van der Waals surface area contributed by atoms with Crippen LogP contribution in [0, 0.1) is 0 Å². The Labute approximate surface area is 87.4 Å². The minimum absolute atomic E-state index is 0.183. The molecule has 0 radical (unpaired) electrons. The summed E-state index contributed by atoms with van der Waals surface area (Å²) in [6, 6.07) is 0.617. The van der Waals surface area contributed by atoms with Gasteiger partial charge in [-0.3, -0.25) is 0 Å². The number of rotatable bonds is 0. The molecule has 1 spiro atoms. The van der Waals surface area contributed by atoms with Crippen molar-refractivity contribution in [2.75, 3.05) is 6.54 Å². The van der Waals surface area contributed by atoms with Crippen LogP contribution in [0.2, 0.25) is 0 Å². The second-order valence-electron chi connectivity index (χ2n) is 5.19. The molecule has 0 aromatic carbocycles. The van der Waals surface area contributed by atoms with Crippen molar-refractivity contribution in [3.63, 3.8) is 0 Å². The highest BCUT2D eigenvalue weighted by Gasteiger charge is 2.36. The van der Waals surface area contributed by atoms with E-state index in [2.05, 4.69) is 19.2 Å². The first-order valence-electron chi connectivity index (χ1n) is 6.11. The molecule has 2 unspecified atom stereocenters. The Balaban J connectivity index is 2.02. The third kappa shape index (κ3) is 2.29. The molecule has 2 rings (SSSR count). The minimum Gasteiger partial charge on any atom is -0.371 e. The molecule has 82 valence electrons. The van der Waals surface area contributed by atoms with Gasteiger partial charge in [-0.1, -0.05) is 19.3 Å². The molecular formula is C12H23NO. The predicted octanol–water partition coefficient (Wildman–Crippen LogP) is 2.48. The monoisotopic (exact) mass is 197 g/mol. The summed E-state index contributed by atoms with van der Waals surface area (Å²) >= 11 is 0. The molecule has 1 N–H and O–H groups in total. The lowest BCUT2D eigenvalue weighted by atomic mass is 9.84. The van der Waals surface area contributed by atoms with Gasteiger partial charge in [-0.15, -0.1) is 0 Å². The van der Waals surface area contributed by atoms with E-state index in [1.54, 1.807) is 0 Å². The highest BCUT2D eigenvalue weighted by Crippen LogP contribution is 2.34. The highest BCUT2D eigenvalue weighted by molar-refractivity contribution is 4.90. The van der Waals surface area contributed by atoms with Gasteiger partial charge in [0.05, 0.1) is 11.7 Å². The summed E-state index contributed by atoms with van der Waals surface area (Å²) in [6.45, 7) is 5.56. The standard InChI is InChI=1S/C12H23NO/c1-10-8-11(2)14-12(9-13-10)6-4-3-5-7-12/h10-11,13H,3-9H2,1-2H3. The molecule has 2 heteroatoms. The van der Waals surface area contributed by atoms with E-state index in [4.69, 9.17) is 4.74 Å².